The van der Waals surface area contributed by atoms with Gasteiger partial charge in [-0.2, -0.15) is 0 Å². The molecule has 64 valence electrons. The van der Waals surface area contributed by atoms with Gasteiger partial charge in [0.05, 0.1) is 5.60 Å². The van der Waals surface area contributed by atoms with Gasteiger partial charge in [-0.25, -0.2) is 0 Å². The number of aliphatic hydroxyl groups is 1. The highest BCUT2D eigenvalue weighted by Crippen LogP contribution is 2.46. The molecule has 0 spiro atoms. The van der Waals surface area contributed by atoms with Gasteiger partial charge < -0.3 is 5.11 Å². The summed E-state index contributed by atoms with van der Waals surface area (Å²) in [4.78, 5) is 0. The second-order valence-electron chi connectivity index (χ2n) is 4.69. The molecule has 0 aliphatic heterocycles. The fraction of sp³-hybridized carbons (Fsp3) is 1.00. The third-order valence-electron chi connectivity index (χ3n) is 3.28. The van der Waals surface area contributed by atoms with Gasteiger partial charge in [0, 0.05) is 0 Å². The molecule has 0 amide bonds. The van der Waals surface area contributed by atoms with E-state index in [1.165, 1.54) is 25.7 Å². The Morgan fingerprint density at radius 1 is 1.18 bits per heavy atom. The van der Waals surface area contributed by atoms with Crippen LogP contribution in [0.25, 0.3) is 0 Å². The second-order valence-corrected chi connectivity index (χ2v) is 4.69. The monoisotopic (exact) mass is 154 g/mol. The number of hydrogen-bond donors (Lipinski definition) is 1. The van der Waals surface area contributed by atoms with E-state index in [1.54, 1.807) is 0 Å². The summed E-state index contributed by atoms with van der Waals surface area (Å²) in [5.41, 5.74) is -0.328. The topological polar surface area (TPSA) is 20.2 Å². The molecule has 2 fully saturated rings. The van der Waals surface area contributed by atoms with Gasteiger partial charge in [-0.3, -0.25) is 0 Å². The number of rotatable bonds is 1. The number of hydrogen-bond acceptors (Lipinski definition) is 1. The molecule has 1 heteroatoms. The highest BCUT2D eigenvalue weighted by atomic mass is 16.3. The van der Waals surface area contributed by atoms with E-state index in [9.17, 15) is 5.11 Å². The molecule has 11 heavy (non-hydrogen) atoms. The minimum atomic E-state index is -0.328. The Morgan fingerprint density at radius 3 is 2.45 bits per heavy atom. The first-order valence-electron chi connectivity index (χ1n) is 4.90. The summed E-state index contributed by atoms with van der Waals surface area (Å²) in [5.74, 6) is 1.85. The van der Waals surface area contributed by atoms with Crippen LogP contribution in [0, 0.1) is 11.8 Å². The molecule has 0 aromatic rings. The lowest BCUT2D eigenvalue weighted by atomic mass is 9.77. The van der Waals surface area contributed by atoms with Crippen molar-refractivity contribution in [2.24, 2.45) is 11.8 Å². The van der Waals surface area contributed by atoms with E-state index in [4.69, 9.17) is 0 Å². The molecule has 0 saturated heterocycles. The molecule has 0 aromatic carbocycles. The van der Waals surface area contributed by atoms with Gasteiger partial charge >= 0.3 is 0 Å². The van der Waals surface area contributed by atoms with Gasteiger partial charge in [-0.1, -0.05) is 6.42 Å². The third-order valence-corrected chi connectivity index (χ3v) is 3.28. The van der Waals surface area contributed by atoms with E-state index in [0.717, 1.165) is 24.7 Å². The molecule has 2 aliphatic carbocycles. The Labute approximate surface area is 68.8 Å². The van der Waals surface area contributed by atoms with Gasteiger partial charge in [0.25, 0.3) is 0 Å². The van der Waals surface area contributed by atoms with Crippen molar-refractivity contribution in [3.05, 3.63) is 0 Å². The van der Waals surface area contributed by atoms with Gasteiger partial charge in [-0.15, -0.1) is 0 Å². The van der Waals surface area contributed by atoms with Crippen LogP contribution in [0.3, 0.4) is 0 Å². The molecule has 0 bridgehead atoms. The van der Waals surface area contributed by atoms with Crippen molar-refractivity contribution < 1.29 is 5.11 Å². The molecule has 2 atom stereocenters. The Bertz CT molecular complexity index is 147. The zero-order valence-electron chi connectivity index (χ0n) is 7.34. The van der Waals surface area contributed by atoms with Crippen molar-refractivity contribution in [2.75, 3.05) is 0 Å². The van der Waals surface area contributed by atoms with Crippen LogP contribution in [-0.2, 0) is 0 Å². The van der Waals surface area contributed by atoms with Crippen molar-refractivity contribution in [3.8, 4) is 0 Å². The molecule has 0 radical (unpaired) electrons. The average Bonchev–Trinajstić information content (AvgIpc) is 2.65. The predicted molar refractivity (Wildman–Crippen MR) is 45.3 cm³/mol. The minimum Gasteiger partial charge on any atom is -0.390 e. The molecule has 0 aromatic heterocycles. The Hall–Kier alpha value is -0.0400. The normalized spacial score (nSPS) is 45.8. The van der Waals surface area contributed by atoms with Crippen LogP contribution in [0.1, 0.15) is 45.4 Å². The van der Waals surface area contributed by atoms with Crippen LogP contribution in [0.4, 0.5) is 0 Å². The third kappa shape index (κ3) is 1.76. The fourth-order valence-electron chi connectivity index (χ4n) is 2.48. The fourth-order valence-corrected chi connectivity index (χ4v) is 2.48. The van der Waals surface area contributed by atoms with Crippen molar-refractivity contribution in [2.45, 2.75) is 51.0 Å². The first kappa shape index (κ1) is 7.60. The average molecular weight is 154 g/mol. The molecular formula is C10H18O. The van der Waals surface area contributed by atoms with Crippen molar-refractivity contribution in [3.63, 3.8) is 0 Å². The molecule has 1 N–H and O–H groups in total. The van der Waals surface area contributed by atoms with Crippen LogP contribution in [-0.4, -0.2) is 10.7 Å². The van der Waals surface area contributed by atoms with E-state index in [0.29, 0.717) is 0 Å². The van der Waals surface area contributed by atoms with Crippen LogP contribution in [0.5, 0.6) is 0 Å². The van der Waals surface area contributed by atoms with Crippen LogP contribution >= 0.6 is 0 Å². The lowest BCUT2D eigenvalue weighted by Gasteiger charge is -2.34. The predicted octanol–water partition coefficient (Wildman–Crippen LogP) is 2.34. The Balaban J connectivity index is 1.92. The molecule has 2 saturated carbocycles. The SMILES string of the molecule is CC1(O)CCCC(C2CC2)C1. The van der Waals surface area contributed by atoms with Crippen molar-refractivity contribution in [1.82, 2.24) is 0 Å². The van der Waals surface area contributed by atoms with Crippen LogP contribution < -0.4 is 0 Å². The Kier molecular flexibility index (Phi) is 1.71. The quantitative estimate of drug-likeness (QED) is 0.614. The first-order valence-corrected chi connectivity index (χ1v) is 4.90. The zero-order valence-corrected chi connectivity index (χ0v) is 7.34. The maximum absolute atomic E-state index is 9.82. The molecule has 2 unspecified atom stereocenters. The van der Waals surface area contributed by atoms with E-state index in [2.05, 4.69) is 0 Å². The second kappa shape index (κ2) is 2.48. The Morgan fingerprint density at radius 2 is 1.91 bits per heavy atom. The zero-order chi connectivity index (χ0) is 7.90. The van der Waals surface area contributed by atoms with E-state index in [1.807, 2.05) is 6.92 Å². The summed E-state index contributed by atoms with van der Waals surface area (Å²) in [6, 6.07) is 0. The first-order chi connectivity index (χ1) is 5.17. The van der Waals surface area contributed by atoms with E-state index in [-0.39, 0.29) is 5.60 Å². The molecular weight excluding hydrogens is 136 g/mol. The van der Waals surface area contributed by atoms with Gasteiger partial charge in [0.1, 0.15) is 0 Å². The highest BCUT2D eigenvalue weighted by molar-refractivity contribution is 4.90. The summed E-state index contributed by atoms with van der Waals surface area (Å²) in [5, 5.41) is 9.82. The smallest absolute Gasteiger partial charge is 0.0622 e. The van der Waals surface area contributed by atoms with E-state index >= 15 is 0 Å². The highest BCUT2D eigenvalue weighted by Gasteiger charge is 2.38. The maximum atomic E-state index is 9.82. The van der Waals surface area contributed by atoms with Crippen LogP contribution in [0.15, 0.2) is 0 Å². The summed E-state index contributed by atoms with van der Waals surface area (Å²) in [6.07, 6.45) is 7.57. The van der Waals surface area contributed by atoms with Crippen LogP contribution in [0.2, 0.25) is 0 Å². The summed E-state index contributed by atoms with van der Waals surface area (Å²) in [7, 11) is 0. The van der Waals surface area contributed by atoms with Crippen molar-refractivity contribution in [1.29, 1.82) is 0 Å². The minimum absolute atomic E-state index is 0.328. The van der Waals surface area contributed by atoms with Gasteiger partial charge in [0.15, 0.2) is 0 Å². The summed E-state index contributed by atoms with van der Waals surface area (Å²) in [6.45, 7) is 2.00. The summed E-state index contributed by atoms with van der Waals surface area (Å²) < 4.78 is 0. The van der Waals surface area contributed by atoms with Gasteiger partial charge in [-0.05, 0) is 50.9 Å². The van der Waals surface area contributed by atoms with E-state index < -0.39 is 0 Å². The lowest BCUT2D eigenvalue weighted by Crippen LogP contribution is -2.32. The van der Waals surface area contributed by atoms with Gasteiger partial charge in [0.2, 0.25) is 0 Å². The van der Waals surface area contributed by atoms with Crippen molar-refractivity contribution >= 4 is 0 Å². The molecule has 2 rings (SSSR count). The lowest BCUT2D eigenvalue weighted by molar-refractivity contribution is -0.00321. The standard InChI is InChI=1S/C10H18O/c1-10(11)6-2-3-9(7-10)8-4-5-8/h8-9,11H,2-7H2,1H3. The summed E-state index contributed by atoms with van der Waals surface area (Å²) >= 11 is 0. The largest absolute Gasteiger partial charge is 0.390 e. The maximum Gasteiger partial charge on any atom is 0.0622 e. The molecule has 0 heterocycles. The molecule has 1 nitrogen and oxygen atoms in total. The molecule has 2 aliphatic rings.